The van der Waals surface area contributed by atoms with Gasteiger partial charge in [-0.1, -0.05) is 6.07 Å². The number of aromatic nitrogens is 1. The van der Waals surface area contributed by atoms with Crippen LogP contribution in [0.5, 0.6) is 5.75 Å². The second-order valence-electron chi connectivity index (χ2n) is 8.71. The number of amidine groups is 1. The van der Waals surface area contributed by atoms with Gasteiger partial charge < -0.3 is 20.1 Å². The van der Waals surface area contributed by atoms with Crippen molar-refractivity contribution in [2.45, 2.75) is 38.5 Å². The van der Waals surface area contributed by atoms with Crippen molar-refractivity contribution >= 4 is 35.0 Å². The molecule has 2 aromatic rings. The molecule has 0 spiro atoms. The summed E-state index contributed by atoms with van der Waals surface area (Å²) >= 11 is 0. The molecule has 0 bridgehead atoms. The van der Waals surface area contributed by atoms with Crippen LogP contribution in [0, 0.1) is 6.92 Å². The lowest BCUT2D eigenvalue weighted by atomic mass is 10.1. The van der Waals surface area contributed by atoms with Gasteiger partial charge in [-0.2, -0.15) is 0 Å². The number of imide groups is 1. The predicted molar refractivity (Wildman–Crippen MR) is 125 cm³/mol. The first-order chi connectivity index (χ1) is 15.8. The molecule has 176 valence electrons. The van der Waals surface area contributed by atoms with Crippen molar-refractivity contribution in [1.29, 1.82) is 0 Å². The molecule has 0 aliphatic carbocycles. The first-order valence-corrected chi connectivity index (χ1v) is 11.1. The van der Waals surface area contributed by atoms with Crippen LogP contribution in [0.4, 0.5) is 4.79 Å². The van der Waals surface area contributed by atoms with Crippen molar-refractivity contribution in [3.05, 3.63) is 30.0 Å². The Morgan fingerprint density at radius 3 is 2.88 bits per heavy atom. The van der Waals surface area contributed by atoms with Crippen molar-refractivity contribution in [3.8, 4) is 5.75 Å². The normalized spacial score (nSPS) is 20.1. The van der Waals surface area contributed by atoms with Gasteiger partial charge in [-0.25, -0.2) is 9.37 Å². The number of hydrogen-bond donors (Lipinski definition) is 3. The summed E-state index contributed by atoms with van der Waals surface area (Å²) in [5.74, 6) is 0.935. The van der Waals surface area contributed by atoms with E-state index in [1.165, 1.54) is 11.9 Å². The van der Waals surface area contributed by atoms with Crippen LogP contribution in [-0.2, 0) is 4.79 Å². The Labute approximate surface area is 192 Å². The standard InChI is InChI=1S/C23H31N6O4/c1-14(8-9-29-13-25-21-20(29)22(31)28(4)23(32)27(21)3)24-11-16(30)12-33-19-7-5-6-18-17(19)10-15(2)26-18/h5-7,10,13-14,16,20,24,26,30H,8-9,11-12H2,1-4H3/q+1. The summed E-state index contributed by atoms with van der Waals surface area (Å²) in [6, 6.07) is 7.01. The number of aryl methyl sites for hydroxylation is 1. The van der Waals surface area contributed by atoms with Crippen LogP contribution in [0.25, 0.3) is 10.9 Å². The Hall–Kier alpha value is -3.24. The Morgan fingerprint density at radius 1 is 1.30 bits per heavy atom. The number of carbonyl (C=O) groups is 2. The number of nitrogens with one attached hydrogen (secondary N) is 2. The number of urea groups is 1. The third-order valence-electron chi connectivity index (χ3n) is 6.11. The van der Waals surface area contributed by atoms with E-state index in [9.17, 15) is 14.7 Å². The van der Waals surface area contributed by atoms with Gasteiger partial charge in [-0.3, -0.25) is 14.6 Å². The number of aliphatic hydroxyl groups excluding tert-OH is 1. The highest BCUT2D eigenvalue weighted by atomic mass is 16.5. The lowest BCUT2D eigenvalue weighted by molar-refractivity contribution is -0.531. The topological polar surface area (TPSA) is 113 Å². The monoisotopic (exact) mass is 455 g/mol. The van der Waals surface area contributed by atoms with Crippen molar-refractivity contribution in [2.75, 3.05) is 33.8 Å². The lowest BCUT2D eigenvalue weighted by Gasteiger charge is -2.30. The zero-order chi connectivity index (χ0) is 23.7. The molecule has 10 heteroatoms. The maximum atomic E-state index is 12.6. The minimum Gasteiger partial charge on any atom is -0.490 e. The van der Waals surface area contributed by atoms with Crippen molar-refractivity contribution in [1.82, 2.24) is 20.1 Å². The summed E-state index contributed by atoms with van der Waals surface area (Å²) < 4.78 is 7.71. The highest BCUT2D eigenvalue weighted by Gasteiger charge is 2.50. The van der Waals surface area contributed by atoms with Gasteiger partial charge in [0, 0.05) is 43.3 Å². The van der Waals surface area contributed by atoms with E-state index in [2.05, 4.69) is 15.3 Å². The second-order valence-corrected chi connectivity index (χ2v) is 8.71. The maximum absolute atomic E-state index is 12.6. The predicted octanol–water partition coefficient (Wildman–Crippen LogP) is 0.930. The molecule has 1 aromatic heterocycles. The fourth-order valence-electron chi connectivity index (χ4n) is 4.15. The molecule has 1 saturated heterocycles. The van der Waals surface area contributed by atoms with Gasteiger partial charge in [0.1, 0.15) is 18.5 Å². The molecule has 3 N–H and O–H groups in total. The second kappa shape index (κ2) is 9.32. The molecular formula is C23H31N6O4+. The van der Waals surface area contributed by atoms with Gasteiger partial charge in [-0.15, -0.1) is 0 Å². The average Bonchev–Trinajstić information content (AvgIpc) is 3.40. The molecule has 3 amide bonds. The molecule has 3 atom stereocenters. The van der Waals surface area contributed by atoms with Crippen molar-refractivity contribution in [3.63, 3.8) is 0 Å². The SMILES string of the molecule is Cc1cc2c(OCC(O)CNC(C)CC[N+]3=CN=C4C3C(=O)N(C)C(=O)N4C)cccc2[nH]1. The summed E-state index contributed by atoms with van der Waals surface area (Å²) in [4.78, 5) is 34.8. The smallest absolute Gasteiger partial charge is 0.333 e. The Balaban J connectivity index is 1.22. The van der Waals surface area contributed by atoms with Gasteiger partial charge >= 0.3 is 6.03 Å². The van der Waals surface area contributed by atoms with Gasteiger partial charge in [0.05, 0.1) is 6.54 Å². The molecule has 2 aliphatic heterocycles. The zero-order valence-electron chi connectivity index (χ0n) is 19.4. The number of hydrogen-bond acceptors (Lipinski definition) is 6. The number of amides is 3. The van der Waals surface area contributed by atoms with Crippen molar-refractivity contribution in [2.24, 2.45) is 4.99 Å². The number of H-pyrrole nitrogens is 1. The summed E-state index contributed by atoms with van der Waals surface area (Å²) in [6.07, 6.45) is 1.70. The molecule has 33 heavy (non-hydrogen) atoms. The number of nitrogens with zero attached hydrogens (tertiary/aromatic N) is 4. The van der Waals surface area contributed by atoms with E-state index in [4.69, 9.17) is 4.74 Å². The number of rotatable bonds is 9. The van der Waals surface area contributed by atoms with Gasteiger partial charge in [-0.05, 0) is 43.5 Å². The minimum absolute atomic E-state index is 0.101. The number of ether oxygens (including phenoxy) is 1. The molecule has 4 rings (SSSR count). The Kier molecular flexibility index (Phi) is 6.48. The summed E-state index contributed by atoms with van der Waals surface area (Å²) in [5, 5.41) is 14.7. The highest BCUT2D eigenvalue weighted by molar-refractivity contribution is 6.21. The summed E-state index contributed by atoms with van der Waals surface area (Å²) in [6.45, 7) is 5.19. The molecule has 0 saturated carbocycles. The Bertz CT molecular complexity index is 1120. The molecule has 3 heterocycles. The summed E-state index contributed by atoms with van der Waals surface area (Å²) in [5.41, 5.74) is 2.07. The van der Waals surface area contributed by atoms with E-state index in [0.717, 1.165) is 33.7 Å². The van der Waals surface area contributed by atoms with Crippen molar-refractivity contribution < 1.29 is 24.0 Å². The number of likely N-dealkylation sites (N-methyl/N-ethyl adjacent to an activating group) is 2. The number of aliphatic imine (C=N–C) groups is 1. The van der Waals surface area contributed by atoms with Crippen LogP contribution < -0.4 is 10.1 Å². The van der Waals surface area contributed by atoms with Gasteiger partial charge in [0.15, 0.2) is 0 Å². The number of aromatic amines is 1. The number of fused-ring (bicyclic) bond motifs is 2. The molecule has 3 unspecified atom stereocenters. The molecule has 10 nitrogen and oxygen atoms in total. The van der Waals surface area contributed by atoms with Gasteiger partial charge in [0.25, 0.3) is 24.1 Å². The number of benzene rings is 1. The van der Waals surface area contributed by atoms with Crippen LogP contribution in [0.1, 0.15) is 19.0 Å². The average molecular weight is 456 g/mol. The quantitative estimate of drug-likeness (QED) is 0.487. The Morgan fingerprint density at radius 2 is 2.09 bits per heavy atom. The third-order valence-corrected chi connectivity index (χ3v) is 6.11. The van der Waals surface area contributed by atoms with Crippen LogP contribution in [0.3, 0.4) is 0 Å². The summed E-state index contributed by atoms with van der Waals surface area (Å²) in [7, 11) is 3.11. The largest absolute Gasteiger partial charge is 0.490 e. The van der Waals surface area contributed by atoms with E-state index in [1.54, 1.807) is 13.4 Å². The van der Waals surface area contributed by atoms with E-state index in [0.29, 0.717) is 18.9 Å². The molecule has 2 aliphatic rings. The zero-order valence-corrected chi connectivity index (χ0v) is 19.4. The van der Waals surface area contributed by atoms with E-state index in [1.807, 2.05) is 42.7 Å². The molecular weight excluding hydrogens is 424 g/mol. The molecule has 1 aromatic carbocycles. The van der Waals surface area contributed by atoms with E-state index < -0.39 is 12.1 Å². The van der Waals surface area contributed by atoms with Crippen LogP contribution in [-0.4, -0.2) is 101 Å². The molecule has 0 radical (unpaired) electrons. The lowest BCUT2D eigenvalue weighted by Crippen LogP contribution is -2.61. The highest BCUT2D eigenvalue weighted by Crippen LogP contribution is 2.26. The first-order valence-electron chi connectivity index (χ1n) is 11.1. The minimum atomic E-state index is -0.663. The number of aliphatic hydroxyl groups is 1. The fourth-order valence-corrected chi connectivity index (χ4v) is 4.15. The fraction of sp³-hybridized carbons (Fsp3) is 0.478. The van der Waals surface area contributed by atoms with Crippen LogP contribution >= 0.6 is 0 Å². The number of carbonyl (C=O) groups excluding carboxylic acids is 2. The first kappa shape index (κ1) is 22.9. The third kappa shape index (κ3) is 4.62. The van der Waals surface area contributed by atoms with Crippen LogP contribution in [0.15, 0.2) is 29.3 Å². The maximum Gasteiger partial charge on any atom is 0.333 e. The van der Waals surface area contributed by atoms with E-state index in [-0.39, 0.29) is 24.6 Å². The van der Waals surface area contributed by atoms with Gasteiger partial charge in [0.2, 0.25) is 0 Å². The van der Waals surface area contributed by atoms with E-state index >= 15 is 0 Å². The van der Waals surface area contributed by atoms with Crippen LogP contribution in [0.2, 0.25) is 0 Å². The molecule has 1 fully saturated rings.